The third-order valence-corrected chi connectivity index (χ3v) is 7.11. The average molecular weight is 541 g/mol. The number of fused-ring (bicyclic) bond motifs is 3. The molecular formula is C29H23F3O5S. The molecule has 0 unspecified atom stereocenters. The molecule has 0 spiro atoms. The number of thiophene rings is 1. The second kappa shape index (κ2) is 11.1. The highest BCUT2D eigenvalue weighted by Crippen LogP contribution is 2.50. The quantitative estimate of drug-likeness (QED) is 0.0952. The molecule has 0 radical (unpaired) electrons. The van der Waals surface area contributed by atoms with Crippen LogP contribution in [-0.4, -0.2) is 25.7 Å². The molecular weight excluding hydrogens is 517 g/mol. The molecule has 0 fully saturated rings. The van der Waals surface area contributed by atoms with E-state index in [4.69, 9.17) is 14.2 Å². The van der Waals surface area contributed by atoms with E-state index in [1.807, 2.05) is 30.3 Å². The van der Waals surface area contributed by atoms with Gasteiger partial charge in [-0.25, -0.2) is 9.59 Å². The van der Waals surface area contributed by atoms with Crippen LogP contribution in [0.2, 0.25) is 0 Å². The minimum Gasteiger partial charge on any atom is -0.495 e. The van der Waals surface area contributed by atoms with Crippen molar-refractivity contribution in [3.05, 3.63) is 85.0 Å². The van der Waals surface area contributed by atoms with Crippen molar-refractivity contribution in [2.75, 3.05) is 13.7 Å². The standard InChI is InChI=1S/C29H23F3O5S/c1-4-23(33)36-16-6-7-17-8-10-18(11-9-17)19-12-13-21-20-14-15-22(37-24(34)5-2)25(29(30,31)32)27(20)38-28(21)26(19)35-3/h4-5,8-15H,1-2,6-7,16H2,3H3. The monoisotopic (exact) mass is 540 g/mol. The van der Waals surface area contributed by atoms with Crippen LogP contribution >= 0.6 is 11.3 Å². The van der Waals surface area contributed by atoms with Gasteiger partial charge < -0.3 is 14.2 Å². The minimum absolute atomic E-state index is 0.0511. The molecule has 0 aliphatic carbocycles. The fourth-order valence-corrected chi connectivity index (χ4v) is 5.54. The van der Waals surface area contributed by atoms with Crippen molar-refractivity contribution in [2.45, 2.75) is 19.0 Å². The molecule has 3 aromatic carbocycles. The van der Waals surface area contributed by atoms with Gasteiger partial charge in [-0.2, -0.15) is 13.2 Å². The highest BCUT2D eigenvalue weighted by atomic mass is 32.1. The Kier molecular flexibility index (Phi) is 7.87. The van der Waals surface area contributed by atoms with Crippen molar-refractivity contribution in [1.82, 2.24) is 0 Å². The van der Waals surface area contributed by atoms with Crippen LogP contribution in [0.4, 0.5) is 13.2 Å². The lowest BCUT2D eigenvalue weighted by Gasteiger charge is -2.13. The summed E-state index contributed by atoms with van der Waals surface area (Å²) in [5, 5.41) is 0.983. The third-order valence-electron chi connectivity index (χ3n) is 5.88. The van der Waals surface area contributed by atoms with E-state index in [9.17, 15) is 22.8 Å². The largest absolute Gasteiger partial charge is 0.495 e. The van der Waals surface area contributed by atoms with Crippen LogP contribution in [0.3, 0.4) is 0 Å². The van der Waals surface area contributed by atoms with Crippen molar-refractivity contribution in [3.8, 4) is 22.6 Å². The summed E-state index contributed by atoms with van der Waals surface area (Å²) >= 11 is 0.934. The smallest absolute Gasteiger partial charge is 0.421 e. The Bertz CT molecular complexity index is 1530. The number of esters is 2. The number of methoxy groups -OCH3 is 1. The zero-order valence-electron chi connectivity index (χ0n) is 20.4. The number of benzene rings is 3. The van der Waals surface area contributed by atoms with E-state index in [0.717, 1.165) is 46.2 Å². The number of carbonyl (C=O) groups is 2. The summed E-state index contributed by atoms with van der Waals surface area (Å²) in [7, 11) is 1.48. The number of hydrogen-bond donors (Lipinski definition) is 0. The van der Waals surface area contributed by atoms with Gasteiger partial charge in [0.25, 0.3) is 0 Å². The van der Waals surface area contributed by atoms with Crippen LogP contribution < -0.4 is 9.47 Å². The first kappa shape index (κ1) is 26.9. The third kappa shape index (κ3) is 5.43. The Hall–Kier alpha value is -4.11. The van der Waals surface area contributed by atoms with Crippen LogP contribution in [0.5, 0.6) is 11.5 Å². The number of halogens is 3. The molecule has 1 heterocycles. The average Bonchev–Trinajstić information content (AvgIpc) is 3.28. The Labute approximate surface area is 220 Å². The highest BCUT2D eigenvalue weighted by Gasteiger charge is 2.38. The van der Waals surface area contributed by atoms with E-state index in [-0.39, 0.29) is 11.3 Å². The molecule has 38 heavy (non-hydrogen) atoms. The second-order valence-corrected chi connectivity index (χ2v) is 9.26. The van der Waals surface area contributed by atoms with Gasteiger partial charge in [0, 0.05) is 28.5 Å². The summed E-state index contributed by atoms with van der Waals surface area (Å²) in [5.74, 6) is -1.56. The number of hydrogen-bond acceptors (Lipinski definition) is 6. The molecule has 4 aromatic rings. The van der Waals surface area contributed by atoms with Gasteiger partial charge in [-0.1, -0.05) is 43.5 Å². The molecule has 0 aliphatic rings. The van der Waals surface area contributed by atoms with E-state index in [1.54, 1.807) is 6.07 Å². The molecule has 0 N–H and O–H groups in total. The summed E-state index contributed by atoms with van der Waals surface area (Å²) in [5.41, 5.74) is 1.59. The van der Waals surface area contributed by atoms with E-state index in [0.29, 0.717) is 34.1 Å². The van der Waals surface area contributed by atoms with Crippen LogP contribution in [0, 0.1) is 0 Å². The number of ether oxygens (including phenoxy) is 3. The Morgan fingerprint density at radius 1 is 0.921 bits per heavy atom. The molecule has 0 bridgehead atoms. The van der Waals surface area contributed by atoms with E-state index in [1.165, 1.54) is 13.2 Å². The molecule has 5 nitrogen and oxygen atoms in total. The van der Waals surface area contributed by atoms with E-state index >= 15 is 0 Å². The van der Waals surface area contributed by atoms with Crippen molar-refractivity contribution in [1.29, 1.82) is 0 Å². The van der Waals surface area contributed by atoms with Crippen molar-refractivity contribution < 1.29 is 37.0 Å². The molecule has 0 saturated carbocycles. The lowest BCUT2D eigenvalue weighted by molar-refractivity contribution is -0.140. The second-order valence-electron chi connectivity index (χ2n) is 8.24. The summed E-state index contributed by atoms with van der Waals surface area (Å²) in [6.45, 7) is 6.90. The molecule has 0 saturated heterocycles. The maximum atomic E-state index is 14.1. The van der Waals surface area contributed by atoms with E-state index < -0.39 is 29.4 Å². The predicted octanol–water partition coefficient (Wildman–Crippen LogP) is 7.50. The Morgan fingerprint density at radius 3 is 2.21 bits per heavy atom. The first-order chi connectivity index (χ1) is 18.2. The highest BCUT2D eigenvalue weighted by molar-refractivity contribution is 7.26. The molecule has 0 atom stereocenters. The van der Waals surface area contributed by atoms with Crippen LogP contribution in [0.15, 0.2) is 73.8 Å². The zero-order valence-corrected chi connectivity index (χ0v) is 21.2. The van der Waals surface area contributed by atoms with Gasteiger partial charge in [0.1, 0.15) is 17.1 Å². The number of carbonyl (C=O) groups excluding carboxylic acids is 2. The van der Waals surface area contributed by atoms with Crippen LogP contribution in [0.25, 0.3) is 31.3 Å². The lowest BCUT2D eigenvalue weighted by Crippen LogP contribution is -2.11. The summed E-state index contributed by atoms with van der Waals surface area (Å²) < 4.78 is 58.5. The molecule has 1 aromatic heterocycles. The van der Waals surface area contributed by atoms with Gasteiger partial charge in [0.15, 0.2) is 0 Å². The Morgan fingerprint density at radius 2 is 1.58 bits per heavy atom. The van der Waals surface area contributed by atoms with Crippen molar-refractivity contribution in [2.24, 2.45) is 0 Å². The van der Waals surface area contributed by atoms with Gasteiger partial charge >= 0.3 is 18.1 Å². The zero-order chi connectivity index (χ0) is 27.4. The summed E-state index contributed by atoms with van der Waals surface area (Å²) in [6, 6.07) is 14.0. The van der Waals surface area contributed by atoms with Gasteiger partial charge in [-0.3, -0.25) is 0 Å². The van der Waals surface area contributed by atoms with Crippen molar-refractivity contribution in [3.63, 3.8) is 0 Å². The van der Waals surface area contributed by atoms with E-state index in [2.05, 4.69) is 13.2 Å². The fraction of sp³-hybridized carbons (Fsp3) is 0.172. The number of alkyl halides is 3. The summed E-state index contributed by atoms with van der Waals surface area (Å²) in [4.78, 5) is 22.8. The maximum Gasteiger partial charge on any atom is 0.421 e. The maximum absolute atomic E-state index is 14.1. The van der Waals surface area contributed by atoms with Gasteiger partial charge in [0.05, 0.1) is 23.1 Å². The molecule has 9 heteroatoms. The summed E-state index contributed by atoms with van der Waals surface area (Å²) in [6.07, 6.45) is -1.46. The Balaban J connectivity index is 1.73. The number of rotatable bonds is 9. The van der Waals surface area contributed by atoms with Crippen molar-refractivity contribution >= 4 is 43.4 Å². The lowest BCUT2D eigenvalue weighted by atomic mass is 9.99. The van der Waals surface area contributed by atoms with Gasteiger partial charge in [0.2, 0.25) is 0 Å². The van der Waals surface area contributed by atoms with Crippen LogP contribution in [-0.2, 0) is 26.9 Å². The molecule has 196 valence electrons. The topological polar surface area (TPSA) is 61.8 Å². The molecule has 0 amide bonds. The predicted molar refractivity (Wildman–Crippen MR) is 142 cm³/mol. The minimum atomic E-state index is -4.76. The molecule has 4 rings (SSSR count). The van der Waals surface area contributed by atoms with Crippen LogP contribution in [0.1, 0.15) is 17.5 Å². The first-order valence-electron chi connectivity index (χ1n) is 11.5. The van der Waals surface area contributed by atoms with Gasteiger partial charge in [-0.15, -0.1) is 11.3 Å². The molecule has 0 aliphatic heterocycles. The fourth-order valence-electron chi connectivity index (χ4n) is 4.15. The SMILES string of the molecule is C=CC(=O)OCCCc1ccc(-c2ccc3c(sc4c(C(F)(F)F)c(OC(=O)C=C)ccc43)c2OC)cc1. The normalized spacial score (nSPS) is 11.4. The first-order valence-corrected chi connectivity index (χ1v) is 12.4. The number of aryl methyl sites for hydroxylation is 1. The van der Waals surface area contributed by atoms with Gasteiger partial charge in [-0.05, 0) is 42.2 Å².